The van der Waals surface area contributed by atoms with Gasteiger partial charge in [-0.05, 0) is 54.1 Å². The number of rotatable bonds is 6. The Kier molecular flexibility index (Phi) is 6.50. The second-order valence-electron chi connectivity index (χ2n) is 7.10. The maximum atomic E-state index is 12.9. The van der Waals surface area contributed by atoms with Crippen LogP contribution in [0, 0.1) is 0 Å². The van der Waals surface area contributed by atoms with Crippen molar-refractivity contribution in [1.29, 1.82) is 0 Å². The molecule has 1 unspecified atom stereocenters. The molecule has 7 nitrogen and oxygen atoms in total. The molecule has 4 rings (SSSR count). The molecule has 0 saturated carbocycles. The van der Waals surface area contributed by atoms with Crippen molar-refractivity contribution in [3.8, 4) is 33.2 Å². The van der Waals surface area contributed by atoms with Crippen LogP contribution < -0.4 is 15.2 Å². The first-order valence-electron chi connectivity index (χ1n) is 10.0. The predicted octanol–water partition coefficient (Wildman–Crippen LogP) is 3.35. The quantitative estimate of drug-likeness (QED) is 0.634. The summed E-state index contributed by atoms with van der Waals surface area (Å²) in [6, 6.07) is 14.7. The average Bonchev–Trinajstić information content (AvgIpc) is 3.29. The predicted molar refractivity (Wildman–Crippen MR) is 120 cm³/mol. The van der Waals surface area contributed by atoms with E-state index in [1.165, 1.54) is 11.3 Å². The molecular weight excluding hydrogens is 414 g/mol. The molecule has 1 saturated heterocycles. The maximum Gasteiger partial charge on any atom is 0.246 e. The van der Waals surface area contributed by atoms with Crippen molar-refractivity contribution >= 4 is 17.2 Å². The highest BCUT2D eigenvalue weighted by atomic mass is 32.1. The zero-order valence-electron chi connectivity index (χ0n) is 17.5. The van der Waals surface area contributed by atoms with E-state index in [4.69, 9.17) is 24.9 Å². The van der Waals surface area contributed by atoms with Crippen molar-refractivity contribution < 1.29 is 19.0 Å². The molecule has 2 aromatic carbocycles. The van der Waals surface area contributed by atoms with Gasteiger partial charge in [-0.2, -0.15) is 0 Å². The number of morpholine rings is 1. The van der Waals surface area contributed by atoms with Gasteiger partial charge in [-0.3, -0.25) is 4.79 Å². The fourth-order valence-electron chi connectivity index (χ4n) is 3.44. The number of amides is 1. The van der Waals surface area contributed by atoms with E-state index in [0.717, 1.165) is 33.2 Å². The molecule has 0 aliphatic carbocycles. The number of methoxy groups -OCH3 is 2. The number of nitrogens with zero attached hydrogens (tertiary/aromatic N) is 2. The van der Waals surface area contributed by atoms with Crippen LogP contribution in [-0.2, 0) is 9.53 Å². The lowest BCUT2D eigenvalue weighted by Gasteiger charge is -2.28. The van der Waals surface area contributed by atoms with Gasteiger partial charge in [0.2, 0.25) is 5.91 Å². The van der Waals surface area contributed by atoms with Gasteiger partial charge < -0.3 is 24.8 Å². The fourth-order valence-corrected chi connectivity index (χ4v) is 4.53. The van der Waals surface area contributed by atoms with Crippen molar-refractivity contribution in [2.75, 3.05) is 40.5 Å². The van der Waals surface area contributed by atoms with Crippen LogP contribution in [-0.4, -0.2) is 56.3 Å². The molecule has 0 spiro atoms. The van der Waals surface area contributed by atoms with E-state index in [1.807, 2.05) is 48.5 Å². The highest BCUT2D eigenvalue weighted by molar-refractivity contribution is 7.15. The van der Waals surface area contributed by atoms with Crippen LogP contribution in [0.2, 0.25) is 0 Å². The molecule has 1 aliphatic heterocycles. The van der Waals surface area contributed by atoms with E-state index in [-0.39, 0.29) is 5.91 Å². The van der Waals surface area contributed by atoms with Crippen molar-refractivity contribution in [2.45, 2.75) is 6.04 Å². The van der Waals surface area contributed by atoms with Crippen LogP contribution in [0.25, 0.3) is 21.7 Å². The van der Waals surface area contributed by atoms with Gasteiger partial charge in [0.15, 0.2) is 0 Å². The zero-order chi connectivity index (χ0) is 21.8. The SMILES string of the molecule is COc1ccc(-c2nc(C(N)C(=O)N3CCOCC3)sc2-c2ccc(OC)cc2)cc1. The van der Waals surface area contributed by atoms with E-state index in [9.17, 15) is 4.79 Å². The first-order valence-corrected chi connectivity index (χ1v) is 10.8. The van der Waals surface area contributed by atoms with Gasteiger partial charge in [-0.15, -0.1) is 11.3 Å². The Morgan fingerprint density at radius 2 is 1.55 bits per heavy atom. The summed E-state index contributed by atoms with van der Waals surface area (Å²) in [6.07, 6.45) is 0. The van der Waals surface area contributed by atoms with Crippen LogP contribution in [0.15, 0.2) is 48.5 Å². The van der Waals surface area contributed by atoms with Crippen LogP contribution >= 0.6 is 11.3 Å². The van der Waals surface area contributed by atoms with E-state index < -0.39 is 6.04 Å². The minimum Gasteiger partial charge on any atom is -0.497 e. The van der Waals surface area contributed by atoms with Gasteiger partial charge in [-0.25, -0.2) is 4.98 Å². The molecule has 1 aliphatic rings. The van der Waals surface area contributed by atoms with Gasteiger partial charge in [0.05, 0.1) is 38.0 Å². The smallest absolute Gasteiger partial charge is 0.246 e. The molecule has 1 aromatic heterocycles. The lowest BCUT2D eigenvalue weighted by molar-refractivity contribution is -0.136. The molecule has 8 heteroatoms. The van der Waals surface area contributed by atoms with Crippen molar-refractivity contribution in [1.82, 2.24) is 9.88 Å². The molecular formula is C23H25N3O4S. The molecule has 2 heterocycles. The van der Waals surface area contributed by atoms with Gasteiger partial charge in [-0.1, -0.05) is 0 Å². The Bertz CT molecular complexity index is 963. The highest BCUT2D eigenvalue weighted by Gasteiger charge is 2.28. The number of hydrogen-bond acceptors (Lipinski definition) is 7. The molecule has 2 N–H and O–H groups in total. The maximum absolute atomic E-state index is 12.9. The van der Waals surface area contributed by atoms with Crippen molar-refractivity contribution in [3.05, 3.63) is 53.5 Å². The lowest BCUT2D eigenvalue weighted by atomic mass is 10.1. The molecule has 1 amide bonds. The second kappa shape index (κ2) is 9.47. The Morgan fingerprint density at radius 3 is 2.10 bits per heavy atom. The summed E-state index contributed by atoms with van der Waals surface area (Å²) in [7, 11) is 3.27. The van der Waals surface area contributed by atoms with Crippen molar-refractivity contribution in [2.24, 2.45) is 5.73 Å². The lowest BCUT2D eigenvalue weighted by Crippen LogP contribution is -2.45. The molecule has 1 fully saturated rings. The van der Waals surface area contributed by atoms with Gasteiger partial charge >= 0.3 is 0 Å². The minimum absolute atomic E-state index is 0.125. The van der Waals surface area contributed by atoms with Crippen LogP contribution in [0.1, 0.15) is 11.0 Å². The van der Waals surface area contributed by atoms with E-state index in [1.54, 1.807) is 19.1 Å². The Morgan fingerprint density at radius 1 is 1.00 bits per heavy atom. The average molecular weight is 440 g/mol. The van der Waals surface area contributed by atoms with E-state index in [2.05, 4.69) is 0 Å². The summed E-state index contributed by atoms with van der Waals surface area (Å²) in [6.45, 7) is 2.16. The monoisotopic (exact) mass is 439 g/mol. The number of hydrogen-bond donors (Lipinski definition) is 1. The molecule has 0 radical (unpaired) electrons. The molecule has 1 atom stereocenters. The Labute approximate surface area is 185 Å². The van der Waals surface area contributed by atoms with Gasteiger partial charge in [0.25, 0.3) is 0 Å². The zero-order valence-corrected chi connectivity index (χ0v) is 18.4. The third kappa shape index (κ3) is 4.56. The van der Waals surface area contributed by atoms with Gasteiger partial charge in [0, 0.05) is 18.7 Å². The third-order valence-electron chi connectivity index (χ3n) is 5.21. The Balaban J connectivity index is 1.72. The fraction of sp³-hybridized carbons (Fsp3) is 0.304. The first kappa shape index (κ1) is 21.3. The third-order valence-corrected chi connectivity index (χ3v) is 6.40. The number of carbonyl (C=O) groups excluding carboxylic acids is 1. The normalized spacial score (nSPS) is 14.9. The Hall–Kier alpha value is -2.94. The number of carbonyl (C=O) groups is 1. The number of aromatic nitrogens is 1. The van der Waals surface area contributed by atoms with Gasteiger partial charge in [0.1, 0.15) is 22.5 Å². The van der Waals surface area contributed by atoms with E-state index in [0.29, 0.717) is 31.3 Å². The number of benzene rings is 2. The molecule has 0 bridgehead atoms. The van der Waals surface area contributed by atoms with E-state index >= 15 is 0 Å². The molecule has 31 heavy (non-hydrogen) atoms. The summed E-state index contributed by atoms with van der Waals surface area (Å²) in [4.78, 5) is 20.4. The summed E-state index contributed by atoms with van der Waals surface area (Å²) in [5.41, 5.74) is 9.08. The summed E-state index contributed by atoms with van der Waals surface area (Å²) in [5, 5.41) is 0.591. The summed E-state index contributed by atoms with van der Waals surface area (Å²) < 4.78 is 15.9. The van der Waals surface area contributed by atoms with Crippen molar-refractivity contribution in [3.63, 3.8) is 0 Å². The topological polar surface area (TPSA) is 86.9 Å². The number of thiazole rings is 1. The number of nitrogens with two attached hydrogens (primary N) is 1. The largest absolute Gasteiger partial charge is 0.497 e. The highest BCUT2D eigenvalue weighted by Crippen LogP contribution is 2.39. The molecule has 162 valence electrons. The first-order chi connectivity index (χ1) is 15.1. The summed E-state index contributed by atoms with van der Waals surface area (Å²) >= 11 is 1.44. The van der Waals surface area contributed by atoms with Crippen LogP contribution in [0.5, 0.6) is 11.5 Å². The standard InChI is InChI=1S/C23H25N3O4S/c1-28-17-7-3-15(4-8-17)20-21(16-5-9-18(29-2)10-6-16)31-22(25-20)19(24)23(27)26-11-13-30-14-12-26/h3-10,19H,11-14,24H2,1-2H3. The second-order valence-corrected chi connectivity index (χ2v) is 8.13. The minimum atomic E-state index is -0.813. The van der Waals surface area contributed by atoms with Crippen LogP contribution in [0.4, 0.5) is 0 Å². The summed E-state index contributed by atoms with van der Waals surface area (Å²) in [5.74, 6) is 1.42. The molecule has 3 aromatic rings. The number of ether oxygens (including phenoxy) is 3. The van der Waals surface area contributed by atoms with Crippen LogP contribution in [0.3, 0.4) is 0 Å².